The molecule has 0 bridgehead atoms. The summed E-state index contributed by atoms with van der Waals surface area (Å²) in [5, 5.41) is 22.7. The maximum atomic E-state index is 15.0. The highest BCUT2D eigenvalue weighted by Gasteiger charge is 2.35. The van der Waals surface area contributed by atoms with Gasteiger partial charge < -0.3 is 15.3 Å². The van der Waals surface area contributed by atoms with Gasteiger partial charge in [0.05, 0.1) is 16.3 Å². The molecule has 4 aromatic rings. The number of aromatic carboxylic acids is 1. The molecule has 2 amide bonds. The van der Waals surface area contributed by atoms with Crippen molar-refractivity contribution in [3.8, 4) is 5.69 Å². The fourth-order valence-corrected chi connectivity index (χ4v) is 4.59. The van der Waals surface area contributed by atoms with Crippen LogP contribution in [0.15, 0.2) is 73.1 Å². The van der Waals surface area contributed by atoms with Gasteiger partial charge in [-0.25, -0.2) is 9.18 Å². The van der Waals surface area contributed by atoms with Crippen LogP contribution in [0.3, 0.4) is 0 Å². The van der Waals surface area contributed by atoms with E-state index in [1.54, 1.807) is 12.1 Å². The molecule has 1 aliphatic rings. The van der Waals surface area contributed by atoms with Crippen molar-refractivity contribution in [1.82, 2.24) is 25.1 Å². The molecule has 1 aromatic heterocycles. The highest BCUT2D eigenvalue weighted by Crippen LogP contribution is 2.32. The number of halogens is 2. The Bertz CT molecular complexity index is 1590. The topological polar surface area (TPSA) is 130 Å². The number of carboxylic acid groups (broad SMARTS) is 1. The predicted molar refractivity (Wildman–Crippen MR) is 140 cm³/mol. The molecular formula is C27H20ClFN6O4. The zero-order chi connectivity index (χ0) is 27.5. The number of benzene rings is 3. The number of nitrogens with zero attached hydrogens (tertiary/aromatic N) is 5. The van der Waals surface area contributed by atoms with Gasteiger partial charge in [-0.1, -0.05) is 35.9 Å². The lowest BCUT2D eigenvalue weighted by Crippen LogP contribution is -2.44. The summed E-state index contributed by atoms with van der Waals surface area (Å²) in [6.45, 7) is 0.244. The van der Waals surface area contributed by atoms with E-state index in [1.165, 1.54) is 64.5 Å². The van der Waals surface area contributed by atoms with Crippen molar-refractivity contribution in [3.05, 3.63) is 106 Å². The number of amides is 2. The Labute approximate surface area is 226 Å². The number of hydrogen-bond acceptors (Lipinski definition) is 6. The van der Waals surface area contributed by atoms with Gasteiger partial charge in [0.15, 0.2) is 5.82 Å². The minimum Gasteiger partial charge on any atom is -0.478 e. The third-order valence-electron chi connectivity index (χ3n) is 6.31. The summed E-state index contributed by atoms with van der Waals surface area (Å²) in [7, 11) is 0. The number of carbonyl (C=O) groups excluding carboxylic acids is 2. The van der Waals surface area contributed by atoms with E-state index in [1.807, 2.05) is 12.1 Å². The highest BCUT2D eigenvalue weighted by molar-refractivity contribution is 6.31. The van der Waals surface area contributed by atoms with Crippen molar-refractivity contribution in [3.63, 3.8) is 0 Å². The fourth-order valence-electron chi connectivity index (χ4n) is 4.43. The lowest BCUT2D eigenvalue weighted by Gasteiger charge is -2.35. The summed E-state index contributed by atoms with van der Waals surface area (Å²) in [6, 6.07) is 14.9. The summed E-state index contributed by atoms with van der Waals surface area (Å²) in [5.41, 5.74) is 2.31. The first-order valence-corrected chi connectivity index (χ1v) is 12.1. The van der Waals surface area contributed by atoms with Crippen molar-refractivity contribution in [2.24, 2.45) is 0 Å². The first kappa shape index (κ1) is 25.7. The van der Waals surface area contributed by atoms with E-state index < -0.39 is 29.6 Å². The SMILES string of the molecule is O=C(O)c1ccc(NC(=O)[C@@H]2c3ccccc3CCN2C(=O)/C=C/c2c(-n3cnnn3)ccc(Cl)c2F)cc1. The maximum absolute atomic E-state index is 15.0. The zero-order valence-electron chi connectivity index (χ0n) is 20.2. The van der Waals surface area contributed by atoms with Gasteiger partial charge in [-0.05, 0) is 70.4 Å². The van der Waals surface area contributed by atoms with Gasteiger partial charge in [-0.3, -0.25) is 9.59 Å². The molecule has 1 aliphatic heterocycles. The van der Waals surface area contributed by atoms with Crippen LogP contribution in [0.5, 0.6) is 0 Å². The smallest absolute Gasteiger partial charge is 0.335 e. The number of nitrogens with one attached hydrogen (secondary N) is 1. The molecule has 196 valence electrons. The van der Waals surface area contributed by atoms with Gasteiger partial charge in [0.25, 0.3) is 5.91 Å². The molecule has 0 spiro atoms. The Kier molecular flexibility index (Phi) is 7.15. The van der Waals surface area contributed by atoms with Crippen LogP contribution in [0.4, 0.5) is 10.1 Å². The zero-order valence-corrected chi connectivity index (χ0v) is 20.9. The molecule has 3 aromatic carbocycles. The largest absolute Gasteiger partial charge is 0.478 e. The molecule has 2 heterocycles. The molecule has 5 rings (SSSR count). The Morgan fingerprint density at radius 1 is 1.08 bits per heavy atom. The lowest BCUT2D eigenvalue weighted by molar-refractivity contribution is -0.135. The molecule has 1 atom stereocenters. The number of carbonyl (C=O) groups is 3. The van der Waals surface area contributed by atoms with Crippen LogP contribution in [0, 0.1) is 5.82 Å². The minimum atomic E-state index is -1.09. The highest BCUT2D eigenvalue weighted by atomic mass is 35.5. The third-order valence-corrected chi connectivity index (χ3v) is 6.60. The number of carboxylic acids is 1. The second-order valence-corrected chi connectivity index (χ2v) is 9.04. The average Bonchev–Trinajstić information content (AvgIpc) is 3.48. The predicted octanol–water partition coefficient (Wildman–Crippen LogP) is 3.93. The Balaban J connectivity index is 1.45. The summed E-state index contributed by atoms with van der Waals surface area (Å²) in [6.07, 6.45) is 4.26. The summed E-state index contributed by atoms with van der Waals surface area (Å²) in [5.74, 6) is -2.84. The van der Waals surface area contributed by atoms with Crippen molar-refractivity contribution >= 4 is 41.1 Å². The van der Waals surface area contributed by atoms with Gasteiger partial charge in [0.1, 0.15) is 12.4 Å². The first-order chi connectivity index (χ1) is 18.8. The summed E-state index contributed by atoms with van der Waals surface area (Å²) >= 11 is 5.99. The number of hydrogen-bond donors (Lipinski definition) is 2. The quantitative estimate of drug-likeness (QED) is 0.350. The molecule has 39 heavy (non-hydrogen) atoms. The van der Waals surface area contributed by atoms with E-state index >= 15 is 0 Å². The number of aromatic nitrogens is 4. The van der Waals surface area contributed by atoms with E-state index in [9.17, 15) is 18.8 Å². The average molecular weight is 547 g/mol. The Hall–Kier alpha value is -4.90. The Morgan fingerprint density at radius 3 is 2.56 bits per heavy atom. The first-order valence-electron chi connectivity index (χ1n) is 11.8. The fraction of sp³-hybridized carbons (Fsp3) is 0.111. The van der Waals surface area contributed by atoms with Crippen molar-refractivity contribution in [2.75, 3.05) is 11.9 Å². The lowest BCUT2D eigenvalue weighted by atomic mass is 9.91. The molecule has 0 unspecified atom stereocenters. The Morgan fingerprint density at radius 2 is 1.85 bits per heavy atom. The van der Waals surface area contributed by atoms with Crippen molar-refractivity contribution in [1.29, 1.82) is 0 Å². The molecular weight excluding hydrogens is 527 g/mol. The molecule has 0 fully saturated rings. The standard InChI is InChI=1S/C27H20ClFN6O4/c28-21-10-11-22(35-15-30-32-33-35)20(24(21)29)9-12-23(36)34-14-13-16-3-1-2-4-19(16)25(34)26(37)31-18-7-5-17(6-8-18)27(38)39/h1-12,15,25H,13-14H2,(H,31,37)(H,38,39)/b12-9+/t25-/m0/s1. The second kappa shape index (κ2) is 10.8. The molecule has 0 radical (unpaired) electrons. The minimum absolute atomic E-state index is 0.0000753. The van der Waals surface area contributed by atoms with Crippen LogP contribution in [0.2, 0.25) is 5.02 Å². The molecule has 0 saturated heterocycles. The van der Waals surface area contributed by atoms with E-state index in [0.717, 1.165) is 5.56 Å². The molecule has 10 nitrogen and oxygen atoms in total. The van der Waals surface area contributed by atoms with Crippen LogP contribution in [-0.2, 0) is 16.0 Å². The number of rotatable bonds is 6. The van der Waals surface area contributed by atoms with Gasteiger partial charge in [-0.15, -0.1) is 5.10 Å². The van der Waals surface area contributed by atoms with E-state index in [4.69, 9.17) is 16.7 Å². The van der Waals surface area contributed by atoms with Gasteiger partial charge in [-0.2, -0.15) is 4.68 Å². The van der Waals surface area contributed by atoms with Crippen LogP contribution >= 0.6 is 11.6 Å². The van der Waals surface area contributed by atoms with Crippen molar-refractivity contribution in [2.45, 2.75) is 12.5 Å². The van der Waals surface area contributed by atoms with E-state index in [2.05, 4.69) is 20.8 Å². The van der Waals surface area contributed by atoms with E-state index in [-0.39, 0.29) is 28.4 Å². The van der Waals surface area contributed by atoms with E-state index in [0.29, 0.717) is 17.7 Å². The molecule has 12 heteroatoms. The second-order valence-electron chi connectivity index (χ2n) is 8.64. The maximum Gasteiger partial charge on any atom is 0.335 e. The number of tetrazole rings is 1. The summed E-state index contributed by atoms with van der Waals surface area (Å²) in [4.78, 5) is 39.5. The normalized spacial score (nSPS) is 14.7. The third kappa shape index (κ3) is 5.25. The van der Waals surface area contributed by atoms with Gasteiger partial charge in [0, 0.05) is 23.9 Å². The van der Waals surface area contributed by atoms with Crippen LogP contribution in [-0.4, -0.2) is 54.5 Å². The van der Waals surface area contributed by atoms with Crippen molar-refractivity contribution < 1.29 is 23.9 Å². The molecule has 0 saturated carbocycles. The van der Waals surface area contributed by atoms with Crippen LogP contribution in [0.25, 0.3) is 11.8 Å². The number of fused-ring (bicyclic) bond motifs is 1. The summed E-state index contributed by atoms with van der Waals surface area (Å²) < 4.78 is 16.2. The molecule has 0 aliphatic carbocycles. The van der Waals surface area contributed by atoms with Gasteiger partial charge in [0.2, 0.25) is 5.91 Å². The van der Waals surface area contributed by atoms with Gasteiger partial charge >= 0.3 is 5.97 Å². The monoisotopic (exact) mass is 546 g/mol. The molecule has 2 N–H and O–H groups in total. The van der Waals surface area contributed by atoms with Crippen LogP contribution < -0.4 is 5.32 Å². The van der Waals surface area contributed by atoms with Crippen LogP contribution in [0.1, 0.15) is 33.1 Å². The number of anilines is 1.